The second kappa shape index (κ2) is 7.71. The Kier molecular flexibility index (Phi) is 4.89. The van der Waals surface area contributed by atoms with Crippen molar-refractivity contribution in [2.45, 2.75) is 63.5 Å². The van der Waals surface area contributed by atoms with Crippen LogP contribution in [0, 0.1) is 0 Å². The average Bonchev–Trinajstić information content (AvgIpc) is 3.40. The van der Waals surface area contributed by atoms with Gasteiger partial charge in [0.05, 0.1) is 11.6 Å². The van der Waals surface area contributed by atoms with Crippen molar-refractivity contribution in [2.75, 3.05) is 0 Å². The maximum Gasteiger partial charge on any atom is 0.295 e. The number of hydrogen-bond donors (Lipinski definition) is 1. The Morgan fingerprint density at radius 1 is 0.933 bits per heavy atom. The lowest BCUT2D eigenvalue weighted by Gasteiger charge is -2.30. The standard InChI is InChI=1S/C25H26N2O3/c28-23(19-10-9-16-5-1-2-6-18(16)15-19)21-22(17-11-13-26-14-12-17)27(25(30)24(21)29)20-7-3-4-8-20/h9-15,20,22,28H,1-8H2/b23-21-. The number of nitrogens with zero attached hydrogens (tertiary/aromatic N) is 2. The van der Waals surface area contributed by atoms with Crippen LogP contribution in [0.15, 0.2) is 48.3 Å². The summed E-state index contributed by atoms with van der Waals surface area (Å²) in [7, 11) is 0. The first kappa shape index (κ1) is 19.0. The molecule has 1 amide bonds. The molecule has 30 heavy (non-hydrogen) atoms. The van der Waals surface area contributed by atoms with Gasteiger partial charge in [-0.2, -0.15) is 0 Å². The van der Waals surface area contributed by atoms with Crippen LogP contribution in [0.3, 0.4) is 0 Å². The molecule has 5 heteroatoms. The normalized spacial score (nSPS) is 23.7. The van der Waals surface area contributed by atoms with E-state index in [2.05, 4.69) is 11.1 Å². The number of aromatic nitrogens is 1. The Morgan fingerprint density at radius 2 is 1.63 bits per heavy atom. The van der Waals surface area contributed by atoms with E-state index in [0.717, 1.165) is 50.5 Å². The topological polar surface area (TPSA) is 70.5 Å². The predicted molar refractivity (Wildman–Crippen MR) is 114 cm³/mol. The van der Waals surface area contributed by atoms with Crippen LogP contribution in [0.4, 0.5) is 0 Å². The van der Waals surface area contributed by atoms with E-state index in [1.165, 1.54) is 17.5 Å². The minimum Gasteiger partial charge on any atom is -0.507 e. The first-order valence-electron chi connectivity index (χ1n) is 11.0. The van der Waals surface area contributed by atoms with Gasteiger partial charge in [-0.25, -0.2) is 0 Å². The fourth-order valence-corrected chi connectivity index (χ4v) is 5.32. The maximum absolute atomic E-state index is 13.1. The SMILES string of the molecule is O=C1C(=O)N(C2CCCC2)C(c2ccncc2)/C1=C(/O)c1ccc2c(c1)CCCC2. The van der Waals surface area contributed by atoms with Gasteiger partial charge in [0.2, 0.25) is 0 Å². The third kappa shape index (κ3) is 3.13. The number of hydrogen-bond acceptors (Lipinski definition) is 4. The summed E-state index contributed by atoms with van der Waals surface area (Å²) in [6.45, 7) is 0. The van der Waals surface area contributed by atoms with Gasteiger partial charge in [0.1, 0.15) is 5.76 Å². The largest absolute Gasteiger partial charge is 0.507 e. The molecule has 5 rings (SSSR count). The maximum atomic E-state index is 13.1. The van der Waals surface area contributed by atoms with Crippen LogP contribution >= 0.6 is 0 Å². The van der Waals surface area contributed by atoms with Gasteiger partial charge < -0.3 is 10.0 Å². The molecule has 1 aromatic heterocycles. The van der Waals surface area contributed by atoms with Crippen molar-refractivity contribution in [2.24, 2.45) is 0 Å². The molecule has 2 aliphatic carbocycles. The average molecular weight is 402 g/mol. The molecule has 1 N–H and O–H groups in total. The fourth-order valence-electron chi connectivity index (χ4n) is 5.32. The Bertz CT molecular complexity index is 1020. The molecular weight excluding hydrogens is 376 g/mol. The van der Waals surface area contributed by atoms with Crippen LogP contribution < -0.4 is 0 Å². The predicted octanol–water partition coefficient (Wildman–Crippen LogP) is 4.32. The molecule has 2 fully saturated rings. The number of rotatable bonds is 3. The Morgan fingerprint density at radius 3 is 2.37 bits per heavy atom. The molecule has 1 aliphatic heterocycles. The number of carbonyl (C=O) groups is 2. The summed E-state index contributed by atoms with van der Waals surface area (Å²) in [5, 5.41) is 11.3. The van der Waals surface area contributed by atoms with Gasteiger partial charge in [0.15, 0.2) is 0 Å². The number of benzene rings is 1. The number of Topliss-reactive ketones (excluding diaryl/α,β-unsaturated/α-hetero) is 1. The molecule has 1 saturated carbocycles. The van der Waals surface area contributed by atoms with Crippen LogP contribution in [0.5, 0.6) is 0 Å². The Hall–Kier alpha value is -2.95. The van der Waals surface area contributed by atoms with Crippen LogP contribution in [0.2, 0.25) is 0 Å². The molecule has 1 atom stereocenters. The molecule has 154 valence electrons. The number of ketones is 1. The molecular formula is C25H26N2O3. The number of aryl methyl sites for hydroxylation is 2. The number of likely N-dealkylation sites (tertiary alicyclic amines) is 1. The zero-order valence-corrected chi connectivity index (χ0v) is 17.0. The first-order chi connectivity index (χ1) is 14.6. The van der Waals surface area contributed by atoms with Gasteiger partial charge >= 0.3 is 0 Å². The summed E-state index contributed by atoms with van der Waals surface area (Å²) in [5.74, 6) is -1.15. The molecule has 1 saturated heterocycles. The Balaban J connectivity index is 1.64. The number of fused-ring (bicyclic) bond motifs is 1. The van der Waals surface area contributed by atoms with E-state index < -0.39 is 17.7 Å². The third-order valence-electron chi connectivity index (χ3n) is 6.84. The van der Waals surface area contributed by atoms with E-state index in [0.29, 0.717) is 5.56 Å². The van der Waals surface area contributed by atoms with Gasteiger partial charge in [0, 0.05) is 24.0 Å². The molecule has 0 radical (unpaired) electrons. The molecule has 5 nitrogen and oxygen atoms in total. The first-order valence-corrected chi connectivity index (χ1v) is 11.0. The second-order valence-electron chi connectivity index (χ2n) is 8.62. The van der Waals surface area contributed by atoms with Crippen molar-refractivity contribution in [3.05, 3.63) is 70.6 Å². The minimum atomic E-state index is -0.584. The molecule has 2 heterocycles. The van der Waals surface area contributed by atoms with Crippen molar-refractivity contribution < 1.29 is 14.7 Å². The van der Waals surface area contributed by atoms with Gasteiger partial charge in [-0.3, -0.25) is 14.6 Å². The molecule has 1 unspecified atom stereocenters. The highest BCUT2D eigenvalue weighted by atomic mass is 16.3. The van der Waals surface area contributed by atoms with Crippen molar-refractivity contribution in [1.29, 1.82) is 0 Å². The summed E-state index contributed by atoms with van der Waals surface area (Å²) >= 11 is 0. The highest BCUT2D eigenvalue weighted by Crippen LogP contribution is 2.43. The zero-order chi connectivity index (χ0) is 20.7. The van der Waals surface area contributed by atoms with Crippen molar-refractivity contribution in [1.82, 2.24) is 9.88 Å². The Labute approximate surface area is 176 Å². The van der Waals surface area contributed by atoms with E-state index in [1.807, 2.05) is 24.3 Å². The van der Waals surface area contributed by atoms with E-state index in [9.17, 15) is 14.7 Å². The minimum absolute atomic E-state index is 0.0356. The van der Waals surface area contributed by atoms with Gasteiger partial charge in [-0.05, 0) is 73.4 Å². The molecule has 0 spiro atoms. The highest BCUT2D eigenvalue weighted by molar-refractivity contribution is 6.46. The second-order valence-corrected chi connectivity index (χ2v) is 8.62. The van der Waals surface area contributed by atoms with Crippen molar-refractivity contribution in [3.63, 3.8) is 0 Å². The van der Waals surface area contributed by atoms with Crippen molar-refractivity contribution in [3.8, 4) is 0 Å². The summed E-state index contributed by atoms with van der Waals surface area (Å²) in [6.07, 6.45) is 11.6. The molecule has 1 aromatic carbocycles. The van der Waals surface area contributed by atoms with Gasteiger partial charge in [-0.1, -0.05) is 25.0 Å². The number of pyridine rings is 1. The molecule has 3 aliphatic rings. The lowest BCUT2D eigenvalue weighted by atomic mass is 9.89. The number of aliphatic hydroxyl groups excluding tert-OH is 1. The van der Waals surface area contributed by atoms with Gasteiger partial charge in [-0.15, -0.1) is 0 Å². The van der Waals surface area contributed by atoms with Crippen LogP contribution in [-0.2, 0) is 22.4 Å². The van der Waals surface area contributed by atoms with Crippen LogP contribution in [0.25, 0.3) is 5.76 Å². The van der Waals surface area contributed by atoms with E-state index >= 15 is 0 Å². The number of aliphatic hydroxyl groups is 1. The van der Waals surface area contributed by atoms with E-state index in [1.54, 1.807) is 17.3 Å². The van der Waals surface area contributed by atoms with Crippen LogP contribution in [-0.4, -0.2) is 32.7 Å². The van der Waals surface area contributed by atoms with E-state index in [4.69, 9.17) is 0 Å². The van der Waals surface area contributed by atoms with Gasteiger partial charge in [0.25, 0.3) is 11.7 Å². The fraction of sp³-hybridized carbons (Fsp3) is 0.400. The summed E-state index contributed by atoms with van der Waals surface area (Å²) < 4.78 is 0. The molecule has 2 aromatic rings. The summed E-state index contributed by atoms with van der Waals surface area (Å²) in [4.78, 5) is 32.0. The lowest BCUT2D eigenvalue weighted by Crippen LogP contribution is -2.37. The number of carbonyl (C=O) groups excluding carboxylic acids is 2. The summed E-state index contributed by atoms with van der Waals surface area (Å²) in [6, 6.07) is 9.07. The highest BCUT2D eigenvalue weighted by Gasteiger charge is 2.49. The molecule has 0 bridgehead atoms. The number of amides is 1. The lowest BCUT2D eigenvalue weighted by molar-refractivity contribution is -0.141. The summed E-state index contributed by atoms with van der Waals surface area (Å²) in [5.41, 5.74) is 4.19. The third-order valence-corrected chi connectivity index (χ3v) is 6.84. The van der Waals surface area contributed by atoms with Crippen molar-refractivity contribution >= 4 is 17.4 Å². The van der Waals surface area contributed by atoms with E-state index in [-0.39, 0.29) is 17.4 Å². The zero-order valence-electron chi connectivity index (χ0n) is 17.0. The smallest absolute Gasteiger partial charge is 0.295 e. The quantitative estimate of drug-likeness (QED) is 0.471. The van der Waals surface area contributed by atoms with Crippen LogP contribution in [0.1, 0.15) is 66.8 Å². The monoisotopic (exact) mass is 402 g/mol.